The molecular weight excluding hydrogens is 441 g/mol. The minimum absolute atomic E-state index is 0.232. The number of alkyl halides is 5. The van der Waals surface area contributed by atoms with Crippen molar-refractivity contribution in [2.45, 2.75) is 102 Å². The lowest BCUT2D eigenvalue weighted by atomic mass is 9.58. The summed E-state index contributed by atoms with van der Waals surface area (Å²) in [5, 5.41) is 12.2. The number of Topliss-reactive ketones (excluding diaryl/α,β-unsaturated/α-hetero) is 1. The van der Waals surface area contributed by atoms with Gasteiger partial charge in [-0.1, -0.05) is 57.8 Å². The molecule has 0 aromatic heterocycles. The molecule has 8 unspecified atom stereocenters. The van der Waals surface area contributed by atoms with Crippen LogP contribution in [0.25, 0.3) is 0 Å². The normalized spacial score (nSPS) is 41.1. The van der Waals surface area contributed by atoms with Crippen LogP contribution in [0.3, 0.4) is 0 Å². The fourth-order valence-corrected chi connectivity index (χ4v) is 7.88. The quantitative estimate of drug-likeness (QED) is 0.494. The first-order valence-electron chi connectivity index (χ1n) is 13.0. The predicted molar refractivity (Wildman–Crippen MR) is 115 cm³/mol. The average molecular weight is 480 g/mol. The van der Waals surface area contributed by atoms with Gasteiger partial charge in [-0.3, -0.25) is 10.1 Å². The molecule has 1 aliphatic heterocycles. The van der Waals surface area contributed by atoms with Crippen LogP contribution in [0.1, 0.15) is 77.0 Å². The van der Waals surface area contributed by atoms with Crippen LogP contribution < -0.4 is 5.32 Å². The molecule has 4 fully saturated rings. The predicted octanol–water partition coefficient (Wildman–Crippen LogP) is 5.75. The van der Waals surface area contributed by atoms with Gasteiger partial charge in [-0.15, -0.1) is 0 Å². The number of halogens is 5. The van der Waals surface area contributed by atoms with Gasteiger partial charge in [0.15, 0.2) is 0 Å². The van der Waals surface area contributed by atoms with E-state index in [9.17, 15) is 31.9 Å². The number of aliphatic hydroxyl groups excluding tert-OH is 1. The summed E-state index contributed by atoms with van der Waals surface area (Å²) in [5.41, 5.74) is 0. The van der Waals surface area contributed by atoms with Crippen molar-refractivity contribution in [1.29, 1.82) is 0 Å². The molecule has 0 amide bonds. The summed E-state index contributed by atoms with van der Waals surface area (Å²) in [5.74, 6) is -3.42. The van der Waals surface area contributed by atoms with Gasteiger partial charge in [0.2, 0.25) is 0 Å². The molecular formula is C25H38F5NO2. The number of ketones is 1. The zero-order valence-electron chi connectivity index (χ0n) is 19.2. The van der Waals surface area contributed by atoms with E-state index in [1.165, 1.54) is 6.42 Å². The van der Waals surface area contributed by atoms with Crippen LogP contribution in [-0.4, -0.2) is 42.2 Å². The molecule has 1 saturated heterocycles. The Kier molecular flexibility index (Phi) is 8.04. The van der Waals surface area contributed by atoms with Gasteiger partial charge < -0.3 is 5.11 Å². The lowest BCUT2D eigenvalue weighted by Gasteiger charge is -2.51. The highest BCUT2D eigenvalue weighted by Gasteiger charge is 2.60. The maximum absolute atomic E-state index is 14.3. The maximum atomic E-state index is 14.3. The molecule has 8 atom stereocenters. The van der Waals surface area contributed by atoms with Crippen LogP contribution in [-0.2, 0) is 4.79 Å². The minimum Gasteiger partial charge on any atom is -0.396 e. The number of rotatable bonds is 5. The van der Waals surface area contributed by atoms with E-state index in [-0.39, 0.29) is 5.92 Å². The first kappa shape index (κ1) is 25.3. The molecule has 1 heterocycles. The molecule has 0 aromatic rings. The lowest BCUT2D eigenvalue weighted by molar-refractivity contribution is -0.203. The average Bonchev–Trinajstić information content (AvgIpc) is 2.81. The highest BCUT2D eigenvalue weighted by Crippen LogP contribution is 2.50. The molecule has 4 rings (SSSR count). The Morgan fingerprint density at radius 3 is 2.09 bits per heavy atom. The SMILES string of the molecule is O=C(C1CCC2CCCCC2C1)C1C(C2CCCCC2)C(CO)C(C(F)F)NC1C(F)(F)F. The fraction of sp³-hybridized carbons (Fsp3) is 0.960. The van der Waals surface area contributed by atoms with E-state index >= 15 is 0 Å². The number of aliphatic hydroxyl groups is 1. The summed E-state index contributed by atoms with van der Waals surface area (Å²) >= 11 is 0. The van der Waals surface area contributed by atoms with Crippen molar-refractivity contribution in [2.75, 3.05) is 6.61 Å². The molecule has 8 heteroatoms. The van der Waals surface area contributed by atoms with E-state index in [4.69, 9.17) is 0 Å². The molecule has 190 valence electrons. The maximum Gasteiger partial charge on any atom is 0.404 e. The molecule has 0 spiro atoms. The van der Waals surface area contributed by atoms with E-state index in [2.05, 4.69) is 5.32 Å². The van der Waals surface area contributed by atoms with Gasteiger partial charge in [0.05, 0.1) is 6.04 Å². The third-order valence-corrected chi connectivity index (χ3v) is 9.40. The Labute approximate surface area is 193 Å². The first-order valence-corrected chi connectivity index (χ1v) is 13.0. The number of carbonyl (C=O) groups is 1. The van der Waals surface area contributed by atoms with Crippen LogP contribution in [0.4, 0.5) is 22.0 Å². The Morgan fingerprint density at radius 1 is 0.879 bits per heavy atom. The standard InChI is InChI=1S/C25H38F5NO2/c26-24(27)21-18(13-32)19(15-7-2-1-3-8-15)20(23(31-21)25(28,29)30)22(33)17-11-10-14-6-4-5-9-16(14)12-17/h14-21,23-24,31-32H,1-13H2. The number of piperidine rings is 1. The third-order valence-electron chi connectivity index (χ3n) is 9.40. The Hall–Kier alpha value is -0.760. The number of fused-ring (bicyclic) bond motifs is 1. The van der Waals surface area contributed by atoms with Crippen molar-refractivity contribution in [2.24, 2.45) is 41.4 Å². The summed E-state index contributed by atoms with van der Waals surface area (Å²) in [6.45, 7) is -0.632. The van der Waals surface area contributed by atoms with Gasteiger partial charge in [0, 0.05) is 24.4 Å². The van der Waals surface area contributed by atoms with E-state index in [1.54, 1.807) is 0 Å². The lowest BCUT2D eigenvalue weighted by Crippen LogP contribution is -2.68. The summed E-state index contributed by atoms with van der Waals surface area (Å²) in [4.78, 5) is 13.9. The zero-order valence-corrected chi connectivity index (χ0v) is 19.2. The molecule has 0 aromatic carbocycles. The zero-order chi connectivity index (χ0) is 23.8. The largest absolute Gasteiger partial charge is 0.404 e. The Morgan fingerprint density at radius 2 is 1.48 bits per heavy atom. The van der Waals surface area contributed by atoms with E-state index < -0.39 is 60.7 Å². The summed E-state index contributed by atoms with van der Waals surface area (Å²) in [6, 6.07) is -4.03. The van der Waals surface area contributed by atoms with Crippen molar-refractivity contribution in [1.82, 2.24) is 5.32 Å². The molecule has 2 N–H and O–H groups in total. The molecule has 3 nitrogen and oxygen atoms in total. The van der Waals surface area contributed by atoms with Gasteiger partial charge in [0.25, 0.3) is 6.43 Å². The van der Waals surface area contributed by atoms with Crippen molar-refractivity contribution < 1.29 is 31.9 Å². The second kappa shape index (κ2) is 10.5. The van der Waals surface area contributed by atoms with E-state index in [1.807, 2.05) is 0 Å². The van der Waals surface area contributed by atoms with Crippen molar-refractivity contribution in [3.8, 4) is 0 Å². The monoisotopic (exact) mass is 479 g/mol. The number of hydrogen-bond donors (Lipinski definition) is 2. The smallest absolute Gasteiger partial charge is 0.396 e. The van der Waals surface area contributed by atoms with Gasteiger partial charge in [0.1, 0.15) is 11.8 Å². The Bertz CT molecular complexity index is 666. The fourth-order valence-electron chi connectivity index (χ4n) is 7.88. The second-order valence-corrected chi connectivity index (χ2v) is 11.1. The third kappa shape index (κ3) is 5.26. The highest BCUT2D eigenvalue weighted by molar-refractivity contribution is 5.85. The van der Waals surface area contributed by atoms with Crippen LogP contribution in [0, 0.1) is 41.4 Å². The molecule has 0 bridgehead atoms. The molecule has 33 heavy (non-hydrogen) atoms. The van der Waals surface area contributed by atoms with Gasteiger partial charge >= 0.3 is 6.18 Å². The van der Waals surface area contributed by atoms with Crippen LogP contribution >= 0.6 is 0 Å². The number of carbonyl (C=O) groups excluding carboxylic acids is 1. The molecule has 3 saturated carbocycles. The van der Waals surface area contributed by atoms with E-state index in [0.29, 0.717) is 37.5 Å². The highest BCUT2D eigenvalue weighted by atomic mass is 19.4. The van der Waals surface area contributed by atoms with Crippen molar-refractivity contribution in [3.05, 3.63) is 0 Å². The topological polar surface area (TPSA) is 49.3 Å². The summed E-state index contributed by atoms with van der Waals surface area (Å²) in [7, 11) is 0. The molecule has 0 radical (unpaired) electrons. The number of nitrogens with one attached hydrogen (secondary N) is 1. The van der Waals surface area contributed by atoms with Gasteiger partial charge in [-0.2, -0.15) is 13.2 Å². The van der Waals surface area contributed by atoms with Crippen LogP contribution in [0.15, 0.2) is 0 Å². The molecule has 3 aliphatic carbocycles. The number of hydrogen-bond acceptors (Lipinski definition) is 3. The minimum atomic E-state index is -4.80. The van der Waals surface area contributed by atoms with Crippen molar-refractivity contribution in [3.63, 3.8) is 0 Å². The van der Waals surface area contributed by atoms with E-state index in [0.717, 1.165) is 44.9 Å². The Balaban J connectivity index is 1.67. The van der Waals surface area contributed by atoms with Gasteiger partial charge in [-0.05, 0) is 42.9 Å². The second-order valence-electron chi connectivity index (χ2n) is 11.1. The molecule has 4 aliphatic rings. The van der Waals surface area contributed by atoms with Crippen LogP contribution in [0.5, 0.6) is 0 Å². The van der Waals surface area contributed by atoms with Crippen molar-refractivity contribution >= 4 is 5.78 Å². The van der Waals surface area contributed by atoms with Gasteiger partial charge in [-0.25, -0.2) is 8.78 Å². The first-order chi connectivity index (χ1) is 15.7. The van der Waals surface area contributed by atoms with Crippen LogP contribution in [0.2, 0.25) is 0 Å². The summed E-state index contributed by atoms with van der Waals surface area (Å²) in [6.07, 6.45) is 2.61. The summed E-state index contributed by atoms with van der Waals surface area (Å²) < 4.78 is 70.6.